The van der Waals surface area contributed by atoms with E-state index < -0.39 is 6.10 Å². The van der Waals surface area contributed by atoms with Gasteiger partial charge < -0.3 is 5.11 Å². The van der Waals surface area contributed by atoms with Crippen molar-refractivity contribution < 1.29 is 5.11 Å². The Bertz CT molecular complexity index is 210. The number of aliphatic hydroxyl groups excluding tert-OH is 1. The van der Waals surface area contributed by atoms with Gasteiger partial charge in [-0.05, 0) is 6.07 Å². The Kier molecular flexibility index (Phi) is 2.12. The van der Waals surface area contributed by atoms with Gasteiger partial charge in [-0.1, -0.05) is 6.08 Å². The van der Waals surface area contributed by atoms with Crippen LogP contribution in [-0.2, 0) is 0 Å². The van der Waals surface area contributed by atoms with Crippen molar-refractivity contribution in [3.8, 4) is 0 Å². The van der Waals surface area contributed by atoms with Crippen LogP contribution in [0.25, 0.3) is 0 Å². The fraction of sp³-hybridized carbons (Fsp3) is 0.143. The summed E-state index contributed by atoms with van der Waals surface area (Å²) in [6, 6.07) is 1.65. The van der Waals surface area contributed by atoms with Crippen LogP contribution in [0, 0.1) is 0 Å². The molecule has 0 saturated heterocycles. The number of aromatic nitrogens is 2. The van der Waals surface area contributed by atoms with E-state index in [4.69, 9.17) is 5.11 Å². The van der Waals surface area contributed by atoms with Gasteiger partial charge in [-0.25, -0.2) is 9.97 Å². The molecule has 1 aromatic heterocycles. The summed E-state index contributed by atoms with van der Waals surface area (Å²) in [7, 11) is 0. The Morgan fingerprint density at radius 1 is 1.70 bits per heavy atom. The molecule has 0 bridgehead atoms. The Morgan fingerprint density at radius 2 is 2.50 bits per heavy atom. The highest BCUT2D eigenvalue weighted by molar-refractivity contribution is 5.06. The van der Waals surface area contributed by atoms with Crippen molar-refractivity contribution in [2.24, 2.45) is 0 Å². The van der Waals surface area contributed by atoms with Gasteiger partial charge in [0.05, 0.1) is 5.69 Å². The third-order valence-corrected chi connectivity index (χ3v) is 1.13. The van der Waals surface area contributed by atoms with Gasteiger partial charge in [0, 0.05) is 6.20 Å². The van der Waals surface area contributed by atoms with E-state index in [-0.39, 0.29) is 0 Å². The topological polar surface area (TPSA) is 46.0 Å². The van der Waals surface area contributed by atoms with Crippen LogP contribution >= 0.6 is 0 Å². The van der Waals surface area contributed by atoms with E-state index in [2.05, 4.69) is 16.5 Å². The fourth-order valence-corrected chi connectivity index (χ4v) is 0.597. The smallest absolute Gasteiger partial charge is 0.115 e. The van der Waals surface area contributed by atoms with Crippen LogP contribution in [0.3, 0.4) is 0 Å². The van der Waals surface area contributed by atoms with Crippen LogP contribution in [0.2, 0.25) is 0 Å². The van der Waals surface area contributed by atoms with Crippen LogP contribution in [0.15, 0.2) is 31.2 Å². The molecule has 1 unspecified atom stereocenters. The molecule has 0 spiro atoms. The highest BCUT2D eigenvalue weighted by atomic mass is 16.3. The van der Waals surface area contributed by atoms with E-state index in [1.54, 1.807) is 12.3 Å². The van der Waals surface area contributed by atoms with Crippen LogP contribution in [0.4, 0.5) is 0 Å². The maximum Gasteiger partial charge on any atom is 0.115 e. The summed E-state index contributed by atoms with van der Waals surface area (Å²) < 4.78 is 0. The number of hydrogen-bond acceptors (Lipinski definition) is 3. The zero-order chi connectivity index (χ0) is 7.40. The largest absolute Gasteiger partial charge is 0.383 e. The van der Waals surface area contributed by atoms with Gasteiger partial charge in [0.15, 0.2) is 0 Å². The predicted molar refractivity (Wildman–Crippen MR) is 37.2 cm³/mol. The minimum atomic E-state index is -0.678. The van der Waals surface area contributed by atoms with Gasteiger partial charge in [-0.15, -0.1) is 6.58 Å². The minimum absolute atomic E-state index is 0.574. The summed E-state index contributed by atoms with van der Waals surface area (Å²) >= 11 is 0. The van der Waals surface area contributed by atoms with Crippen molar-refractivity contribution in [3.05, 3.63) is 36.9 Å². The lowest BCUT2D eigenvalue weighted by Crippen LogP contribution is -1.95. The molecule has 3 nitrogen and oxygen atoms in total. The maximum absolute atomic E-state index is 9.12. The third-order valence-electron chi connectivity index (χ3n) is 1.13. The normalized spacial score (nSPS) is 12.5. The van der Waals surface area contributed by atoms with Gasteiger partial charge in [-0.2, -0.15) is 0 Å². The molecular weight excluding hydrogens is 128 g/mol. The van der Waals surface area contributed by atoms with E-state index in [1.807, 2.05) is 0 Å². The van der Waals surface area contributed by atoms with Crippen molar-refractivity contribution in [1.29, 1.82) is 0 Å². The van der Waals surface area contributed by atoms with Crippen molar-refractivity contribution in [3.63, 3.8) is 0 Å². The standard InChI is InChI=1S/C7H8N2O/c1-2-7(10)6-3-4-8-5-9-6/h2-5,7,10H,1H2. The molecule has 0 radical (unpaired) electrons. The van der Waals surface area contributed by atoms with Crippen LogP contribution in [0.1, 0.15) is 11.8 Å². The predicted octanol–water partition coefficient (Wildman–Crippen LogP) is 0.696. The van der Waals surface area contributed by atoms with Crippen molar-refractivity contribution in [2.45, 2.75) is 6.10 Å². The molecule has 0 aliphatic rings. The second-order valence-electron chi connectivity index (χ2n) is 1.81. The SMILES string of the molecule is C=CC(O)c1ccncn1. The Balaban J connectivity index is 2.84. The molecular formula is C7H8N2O. The molecule has 1 N–H and O–H groups in total. The number of aliphatic hydroxyl groups is 1. The van der Waals surface area contributed by atoms with Gasteiger partial charge in [0.2, 0.25) is 0 Å². The first kappa shape index (κ1) is 6.89. The summed E-state index contributed by atoms with van der Waals surface area (Å²) in [4.78, 5) is 7.52. The second-order valence-corrected chi connectivity index (χ2v) is 1.81. The van der Waals surface area contributed by atoms with Gasteiger partial charge >= 0.3 is 0 Å². The zero-order valence-electron chi connectivity index (χ0n) is 5.44. The molecule has 0 aliphatic heterocycles. The first-order chi connectivity index (χ1) is 4.84. The quantitative estimate of drug-likeness (QED) is 0.608. The van der Waals surface area contributed by atoms with Crippen LogP contribution < -0.4 is 0 Å². The molecule has 0 amide bonds. The zero-order valence-corrected chi connectivity index (χ0v) is 5.44. The average Bonchev–Trinajstić information content (AvgIpc) is 2.05. The Labute approximate surface area is 59.1 Å². The lowest BCUT2D eigenvalue weighted by molar-refractivity contribution is 0.224. The summed E-state index contributed by atoms with van der Waals surface area (Å²) in [6.07, 6.45) is 3.71. The molecule has 0 aliphatic carbocycles. The van der Waals surface area contributed by atoms with Crippen molar-refractivity contribution in [1.82, 2.24) is 9.97 Å². The van der Waals surface area contributed by atoms with Crippen LogP contribution in [-0.4, -0.2) is 15.1 Å². The lowest BCUT2D eigenvalue weighted by Gasteiger charge is -2.00. The summed E-state index contributed by atoms with van der Waals surface area (Å²) in [5.41, 5.74) is 0.574. The van der Waals surface area contributed by atoms with Gasteiger partial charge in [0.1, 0.15) is 12.4 Å². The number of nitrogens with zero attached hydrogens (tertiary/aromatic N) is 2. The summed E-state index contributed by atoms with van der Waals surface area (Å²) in [6.45, 7) is 3.43. The molecule has 0 aromatic carbocycles. The molecule has 1 aromatic rings. The molecule has 0 saturated carbocycles. The lowest BCUT2D eigenvalue weighted by atomic mass is 10.2. The van der Waals surface area contributed by atoms with Crippen molar-refractivity contribution >= 4 is 0 Å². The monoisotopic (exact) mass is 136 g/mol. The minimum Gasteiger partial charge on any atom is -0.383 e. The Hall–Kier alpha value is -1.22. The molecule has 1 atom stereocenters. The summed E-state index contributed by atoms with van der Waals surface area (Å²) in [5.74, 6) is 0. The molecule has 1 heterocycles. The summed E-state index contributed by atoms with van der Waals surface area (Å²) in [5, 5.41) is 9.12. The fourth-order valence-electron chi connectivity index (χ4n) is 0.597. The van der Waals surface area contributed by atoms with E-state index >= 15 is 0 Å². The molecule has 10 heavy (non-hydrogen) atoms. The van der Waals surface area contributed by atoms with Crippen molar-refractivity contribution in [2.75, 3.05) is 0 Å². The maximum atomic E-state index is 9.12. The average molecular weight is 136 g/mol. The molecule has 52 valence electrons. The van der Waals surface area contributed by atoms with Gasteiger partial charge in [-0.3, -0.25) is 0 Å². The second kappa shape index (κ2) is 3.08. The first-order valence-electron chi connectivity index (χ1n) is 2.91. The first-order valence-corrected chi connectivity index (χ1v) is 2.91. The van der Waals surface area contributed by atoms with Crippen LogP contribution in [0.5, 0.6) is 0 Å². The van der Waals surface area contributed by atoms with E-state index in [0.29, 0.717) is 5.69 Å². The highest BCUT2D eigenvalue weighted by Crippen LogP contribution is 2.07. The number of rotatable bonds is 2. The highest BCUT2D eigenvalue weighted by Gasteiger charge is 2.00. The Morgan fingerprint density at radius 3 is 3.00 bits per heavy atom. The van der Waals surface area contributed by atoms with Gasteiger partial charge in [0.25, 0.3) is 0 Å². The molecule has 0 fully saturated rings. The number of hydrogen-bond donors (Lipinski definition) is 1. The van der Waals surface area contributed by atoms with E-state index in [1.165, 1.54) is 12.4 Å². The van der Waals surface area contributed by atoms with E-state index in [9.17, 15) is 0 Å². The third kappa shape index (κ3) is 1.39. The molecule has 3 heteroatoms. The van der Waals surface area contributed by atoms with E-state index in [0.717, 1.165) is 0 Å². The molecule has 1 rings (SSSR count).